The Bertz CT molecular complexity index is 4430. The summed E-state index contributed by atoms with van der Waals surface area (Å²) < 4.78 is 21.2. The number of rotatable bonds is 4. The lowest BCUT2D eigenvalue weighted by Crippen LogP contribution is -2.78. The number of aromatic nitrogens is 12. The molecule has 0 spiro atoms. The zero-order chi connectivity index (χ0) is 53.4. The van der Waals surface area contributed by atoms with Crippen LogP contribution in [0.5, 0.6) is 0 Å². The number of nitrogens with zero attached hydrogens (tertiary/aromatic N) is 10. The van der Waals surface area contributed by atoms with Crippen LogP contribution >= 0.6 is 23.2 Å². The van der Waals surface area contributed by atoms with Gasteiger partial charge in [-0.25, -0.2) is 9.97 Å². The summed E-state index contributed by atoms with van der Waals surface area (Å²) in [6.45, 7) is 0. The van der Waals surface area contributed by atoms with Crippen LogP contribution in [0.15, 0.2) is 232 Å². The first-order valence-electron chi connectivity index (χ1n) is 29.4. The molecule has 0 saturated carbocycles. The molecule has 0 unspecified atom stereocenters. The Morgan fingerprint density at radius 2 is 0.852 bits per heavy atom. The Labute approximate surface area is 477 Å². The molecule has 12 aromatic rings. The predicted molar refractivity (Wildman–Crippen MR) is 328 cm³/mol. The lowest BCUT2D eigenvalue weighted by Gasteiger charge is -2.62. The van der Waals surface area contributed by atoms with E-state index in [4.69, 9.17) is 33.2 Å². The number of halogens is 2. The van der Waals surface area contributed by atoms with Crippen molar-refractivity contribution in [2.75, 3.05) is 5.34 Å². The number of pyridine rings is 6. The number of aromatic amines is 2. The highest BCUT2D eigenvalue weighted by molar-refractivity contribution is 6.82. The summed E-state index contributed by atoms with van der Waals surface area (Å²) in [5.74, 6) is 3.56. The van der Waals surface area contributed by atoms with Crippen molar-refractivity contribution in [1.82, 2.24) is 37.8 Å². The molecule has 10 aliphatic rings. The lowest BCUT2D eigenvalue weighted by molar-refractivity contribution is -0.530. The first-order valence-corrected chi connectivity index (χ1v) is 30.5. The first-order chi connectivity index (χ1) is 40.0. The van der Waals surface area contributed by atoms with Crippen molar-refractivity contribution in [2.45, 2.75) is 48.5 Å². The predicted octanol–water partition coefficient (Wildman–Crippen LogP) is 11.1. The number of nitrogens with one attached hydrogen (secondary N) is 2. The number of alkyl halides is 2. The Hall–Kier alpha value is -8.06. The summed E-state index contributed by atoms with van der Waals surface area (Å²) in [7, 11) is 0. The van der Waals surface area contributed by atoms with Crippen molar-refractivity contribution < 1.29 is 17.9 Å². The van der Waals surface area contributed by atoms with Gasteiger partial charge in [-0.3, -0.25) is 9.97 Å². The highest BCUT2D eigenvalue weighted by Gasteiger charge is 2.68. The van der Waals surface area contributed by atoms with Crippen LogP contribution in [-0.2, 0) is 0 Å². The second kappa shape index (κ2) is 16.8. The van der Waals surface area contributed by atoms with E-state index in [0.29, 0.717) is 46.9 Å². The molecule has 81 heavy (non-hydrogen) atoms. The lowest BCUT2D eigenvalue weighted by atomic mass is 9.15. The number of allylic oxidation sites excluding steroid dienone is 8. The molecule has 2 fully saturated rings. The van der Waals surface area contributed by atoms with Crippen molar-refractivity contribution in [3.63, 3.8) is 0 Å². The van der Waals surface area contributed by atoms with E-state index in [1.807, 2.05) is 12.4 Å². The van der Waals surface area contributed by atoms with Gasteiger partial charge < -0.3 is 35.8 Å². The van der Waals surface area contributed by atoms with Crippen LogP contribution in [0.3, 0.4) is 0 Å². The number of hydrogen-bond acceptors (Lipinski definition) is 2. The van der Waals surface area contributed by atoms with Crippen LogP contribution in [0.2, 0.25) is 48.5 Å². The summed E-state index contributed by atoms with van der Waals surface area (Å²) in [6.07, 6.45) is 46.6. The Morgan fingerprint density at radius 1 is 0.444 bits per heavy atom. The zero-order valence-electron chi connectivity index (χ0n) is 44.6. The fraction of sp³-hybridized carbons (Fsp3) is 0.206. The second-order valence-electron chi connectivity index (χ2n) is 25.0. The van der Waals surface area contributed by atoms with Crippen molar-refractivity contribution in [2.24, 2.45) is 23.7 Å². The van der Waals surface area contributed by atoms with Gasteiger partial charge in [-0.2, -0.15) is 0 Å². The minimum Gasteiger partial charge on any atom is -0.467 e. The molecular formula is C63H58B4Cl2N12. The standard InChI is InChI=1S/2C31H28B2N6.CH2Cl2/c2*1-8-26-25-9-10-27-28(26)32(14-1,36-17-3-6-22-11-16-35-29(22)36)39-20-13-24-7-4-18-38(31(24)39)33(27,21-25)37-19-12-23-5-2-15-34-30(23)37;2-1-3/h2*1-13,15-20,25-28,35H,14,21H2;1H2/t2*25-,26+,27-,28+,32+,33-;/m10./s1. The molecular weight excluding hydrogens is 1040 g/mol. The molecule has 0 radical (unpaired) electrons. The minimum atomic E-state index is -1.27. The van der Waals surface area contributed by atoms with E-state index in [1.165, 1.54) is 54.9 Å². The van der Waals surface area contributed by atoms with Gasteiger partial charge in [-0.1, -0.05) is 48.6 Å². The van der Waals surface area contributed by atoms with E-state index in [2.05, 4.69) is 266 Å². The monoisotopic (exact) mass is 1100 g/mol. The molecule has 0 amide bonds. The fourth-order valence-corrected chi connectivity index (χ4v) is 20.2. The number of hydrogen-bond donors (Lipinski definition) is 2. The van der Waals surface area contributed by atoms with Crippen molar-refractivity contribution >= 4 is 115 Å². The number of fused-ring (bicyclic) bond motifs is 6. The van der Waals surface area contributed by atoms with Crippen LogP contribution in [0.25, 0.3) is 66.2 Å². The molecule has 396 valence electrons. The summed E-state index contributed by atoms with van der Waals surface area (Å²) in [4.78, 5) is 17.2. The van der Waals surface area contributed by atoms with Crippen LogP contribution in [0.1, 0.15) is 0 Å². The number of H-pyrrole nitrogens is 2. The molecule has 20 heterocycles. The van der Waals surface area contributed by atoms with Gasteiger partial charge in [0.2, 0.25) is 11.3 Å². The van der Waals surface area contributed by atoms with Crippen molar-refractivity contribution in [3.8, 4) is 0 Å². The summed E-state index contributed by atoms with van der Waals surface area (Å²) in [6, 6.07) is 40.2. The maximum Gasteiger partial charge on any atom is 0.386 e. The van der Waals surface area contributed by atoms with Crippen LogP contribution in [0.4, 0.5) is 0 Å². The van der Waals surface area contributed by atoms with Crippen molar-refractivity contribution in [1.29, 1.82) is 0 Å². The molecule has 22 rings (SSSR count). The average molecular weight is 1100 g/mol. The normalized spacial score (nSPS) is 30.9. The molecule has 2 N–H and O–H groups in total. The van der Waals surface area contributed by atoms with Gasteiger partial charge in [0.25, 0.3) is 12.8 Å². The Morgan fingerprint density at radius 3 is 1.32 bits per heavy atom. The second-order valence-corrected chi connectivity index (χ2v) is 25.8. The summed E-state index contributed by atoms with van der Waals surface area (Å²) >= 11 is 9.53. The highest BCUT2D eigenvalue weighted by atomic mass is 35.5. The van der Waals surface area contributed by atoms with E-state index < -0.39 is 25.7 Å². The van der Waals surface area contributed by atoms with Crippen LogP contribution in [0, 0.1) is 23.7 Å². The van der Waals surface area contributed by atoms with Gasteiger partial charge >= 0.3 is 12.8 Å². The van der Waals surface area contributed by atoms with Gasteiger partial charge in [0.15, 0.2) is 11.3 Å². The third kappa shape index (κ3) is 5.72. The topological polar surface area (TPSA) is 92.6 Å². The first kappa shape index (κ1) is 46.7. The molecule has 18 heteroatoms. The van der Waals surface area contributed by atoms with Crippen molar-refractivity contribution in [3.05, 3.63) is 232 Å². The van der Waals surface area contributed by atoms with Gasteiger partial charge in [0.1, 0.15) is 11.3 Å². The molecule has 2 saturated heterocycles. The Kier molecular flexibility index (Phi) is 9.66. The zero-order valence-corrected chi connectivity index (χ0v) is 46.1. The molecule has 12 nitrogen and oxygen atoms in total. The largest absolute Gasteiger partial charge is 0.467 e. The van der Waals surface area contributed by atoms with Gasteiger partial charge in [0.05, 0.1) is 39.3 Å². The molecule has 12 aromatic heterocycles. The third-order valence-electron chi connectivity index (χ3n) is 22.6. The quantitative estimate of drug-likeness (QED) is 0.104. The maximum atomic E-state index is 4.98. The Balaban J connectivity index is 0.000000119. The smallest absolute Gasteiger partial charge is 0.386 e. The van der Waals surface area contributed by atoms with E-state index >= 15 is 0 Å². The third-order valence-corrected chi connectivity index (χ3v) is 22.6. The molecule has 8 aliphatic heterocycles. The molecule has 8 bridgehead atoms. The van der Waals surface area contributed by atoms with E-state index in [1.54, 1.807) is 0 Å². The highest BCUT2D eigenvalue weighted by Crippen LogP contribution is 2.64. The summed E-state index contributed by atoms with van der Waals surface area (Å²) in [5, 5.41) is 7.77. The van der Waals surface area contributed by atoms with E-state index in [-0.39, 0.29) is 5.34 Å². The SMILES string of the molecule is C1=C[C@@H]2[C@H]3[C@H]4C=C[C@@H]2C[B@@-]4(n2ccc4cccnc42)[n+]2cccc4ccn(c42)[B@@-]3([n+]2cccc3cc[nH]c32)C1.C1=C[C@H]2[C@@H]3[C@@H]4C=C[C@H]2C[B@-]4(n2ccc4cccnc42)[n+]2cccc4ccn(c42)[B@-]3([n+]2cccc3cc[nH]c32)C1.ClCCl. The summed E-state index contributed by atoms with van der Waals surface area (Å²) in [5.41, 5.74) is 7.31. The van der Waals surface area contributed by atoms with Crippen LogP contribution < -0.4 is 17.9 Å². The molecule has 2 aliphatic carbocycles. The van der Waals surface area contributed by atoms with E-state index in [9.17, 15) is 0 Å². The molecule has 0 aromatic carbocycles. The van der Waals surface area contributed by atoms with Gasteiger partial charge in [0, 0.05) is 60.3 Å². The van der Waals surface area contributed by atoms with Gasteiger partial charge in [-0.15, -0.1) is 71.8 Å². The molecule has 12 atom stereocenters. The van der Waals surface area contributed by atoms with Crippen LogP contribution in [-0.4, -0.2) is 68.9 Å². The maximum absolute atomic E-state index is 4.98. The average Bonchev–Trinajstić information content (AvgIpc) is 4.59. The minimum absolute atomic E-state index is 0.194. The van der Waals surface area contributed by atoms with E-state index in [0.717, 1.165) is 36.6 Å². The fourth-order valence-electron chi connectivity index (χ4n) is 20.2. The van der Waals surface area contributed by atoms with Gasteiger partial charge in [-0.05, 0) is 145 Å².